The average molecular weight is 557 g/mol. The van der Waals surface area contributed by atoms with Crippen LogP contribution in [0, 0.1) is 29.1 Å². The summed E-state index contributed by atoms with van der Waals surface area (Å²) in [5.41, 5.74) is -4.89. The van der Waals surface area contributed by atoms with Crippen molar-refractivity contribution in [2.24, 2.45) is 29.1 Å². The minimum Gasteiger partial charge on any atom is -0.455 e. The predicted molar refractivity (Wildman–Crippen MR) is 149 cm³/mol. The number of aliphatic hydroxyl groups excluding tert-OH is 1. The molecular formula is C32H44O8. The van der Waals surface area contributed by atoms with E-state index in [0.717, 1.165) is 25.7 Å². The van der Waals surface area contributed by atoms with Crippen molar-refractivity contribution >= 4 is 17.7 Å². The minimum atomic E-state index is -1.95. The lowest BCUT2D eigenvalue weighted by Gasteiger charge is -2.53. The van der Waals surface area contributed by atoms with Crippen LogP contribution in [0.2, 0.25) is 0 Å². The van der Waals surface area contributed by atoms with Gasteiger partial charge in [-0.1, -0.05) is 70.9 Å². The second kappa shape index (κ2) is 10.7. The number of unbranched alkanes of at least 4 members (excludes halogenated alkanes) is 3. The van der Waals surface area contributed by atoms with Crippen molar-refractivity contribution < 1.29 is 39.2 Å². The summed E-state index contributed by atoms with van der Waals surface area (Å²) in [5.74, 6) is -4.73. The molecule has 8 atom stereocenters. The van der Waals surface area contributed by atoms with Gasteiger partial charge in [-0.3, -0.25) is 9.59 Å². The molecule has 8 unspecified atom stereocenters. The number of aliphatic hydroxyl groups is 3. The SMILES string of the molecule is CCCCCC=CC=CC(=O)OC1C(C)C2(O)C(C=C(CO)CC3(O)C(=O)C(C)=CC32)C2C(C)(C)C12OC(C)=O. The summed E-state index contributed by atoms with van der Waals surface area (Å²) in [6.07, 6.45) is 13.1. The second-order valence-electron chi connectivity index (χ2n) is 12.7. The summed E-state index contributed by atoms with van der Waals surface area (Å²) in [6, 6.07) is 0. The first kappa shape index (κ1) is 30.4. The van der Waals surface area contributed by atoms with Gasteiger partial charge in [0.25, 0.3) is 0 Å². The van der Waals surface area contributed by atoms with E-state index < -0.39 is 76.3 Å². The molecule has 2 fully saturated rings. The maximum Gasteiger partial charge on any atom is 0.331 e. The van der Waals surface area contributed by atoms with E-state index in [1.54, 1.807) is 38.2 Å². The Labute approximate surface area is 236 Å². The maximum absolute atomic E-state index is 13.2. The molecule has 0 aromatic carbocycles. The molecule has 0 aromatic heterocycles. The van der Waals surface area contributed by atoms with E-state index in [1.165, 1.54) is 13.0 Å². The van der Waals surface area contributed by atoms with Crippen molar-refractivity contribution in [3.63, 3.8) is 0 Å². The van der Waals surface area contributed by atoms with Gasteiger partial charge in [0.1, 0.15) is 11.7 Å². The van der Waals surface area contributed by atoms with Crippen molar-refractivity contribution in [1.82, 2.24) is 0 Å². The first-order chi connectivity index (χ1) is 18.7. The standard InChI is InChI=1S/C32H44O8/c1-7-8-9-10-11-12-13-14-25(35)39-28-20(3)31(38)23(26-29(5,6)32(26,28)40-21(4)34)16-22(18-33)17-30(37)24(31)15-19(2)27(30)36/h11-16,20,23-24,26,28,33,37-38H,7-10,17-18H2,1-6H3. The Bertz CT molecular complexity index is 1180. The molecule has 0 aromatic rings. The molecule has 4 rings (SSSR count). The summed E-state index contributed by atoms with van der Waals surface area (Å²) in [4.78, 5) is 38.7. The van der Waals surface area contributed by atoms with Crippen LogP contribution >= 0.6 is 0 Å². The predicted octanol–water partition coefficient (Wildman–Crippen LogP) is 3.74. The normalized spacial score (nSPS) is 39.6. The molecule has 220 valence electrons. The maximum atomic E-state index is 13.2. The van der Waals surface area contributed by atoms with Crippen LogP contribution in [-0.4, -0.2) is 62.6 Å². The van der Waals surface area contributed by atoms with Crippen molar-refractivity contribution in [2.45, 2.75) is 96.6 Å². The van der Waals surface area contributed by atoms with E-state index >= 15 is 0 Å². The number of allylic oxidation sites excluding steroid dienone is 3. The van der Waals surface area contributed by atoms with E-state index in [1.807, 2.05) is 19.9 Å². The zero-order chi connectivity index (χ0) is 29.7. The van der Waals surface area contributed by atoms with Gasteiger partial charge in [0.2, 0.25) is 0 Å². The molecule has 0 heterocycles. The molecule has 4 aliphatic carbocycles. The molecule has 2 saturated carbocycles. The van der Waals surface area contributed by atoms with Gasteiger partial charge in [-0.15, -0.1) is 0 Å². The Hall–Kier alpha value is -2.55. The van der Waals surface area contributed by atoms with E-state index in [-0.39, 0.29) is 6.42 Å². The second-order valence-corrected chi connectivity index (χ2v) is 12.7. The van der Waals surface area contributed by atoms with Crippen molar-refractivity contribution in [3.8, 4) is 0 Å². The number of hydrogen-bond donors (Lipinski definition) is 3. The van der Waals surface area contributed by atoms with Crippen LogP contribution in [0.4, 0.5) is 0 Å². The van der Waals surface area contributed by atoms with E-state index in [4.69, 9.17) is 9.47 Å². The highest BCUT2D eigenvalue weighted by Gasteiger charge is 2.87. The monoisotopic (exact) mass is 556 g/mol. The highest BCUT2D eigenvalue weighted by molar-refractivity contribution is 6.04. The fourth-order valence-electron chi connectivity index (χ4n) is 8.05. The van der Waals surface area contributed by atoms with Crippen LogP contribution in [0.3, 0.4) is 0 Å². The summed E-state index contributed by atoms with van der Waals surface area (Å²) in [5, 5.41) is 34.6. The lowest BCUT2D eigenvalue weighted by atomic mass is 9.59. The Morgan fingerprint density at radius 2 is 1.85 bits per heavy atom. The van der Waals surface area contributed by atoms with Gasteiger partial charge in [-0.05, 0) is 30.9 Å². The molecule has 0 saturated heterocycles. The van der Waals surface area contributed by atoms with E-state index in [0.29, 0.717) is 11.1 Å². The third-order valence-corrected chi connectivity index (χ3v) is 9.97. The molecule has 8 nitrogen and oxygen atoms in total. The summed E-state index contributed by atoms with van der Waals surface area (Å²) >= 11 is 0. The van der Waals surface area contributed by atoms with Crippen LogP contribution in [0.15, 0.2) is 47.6 Å². The van der Waals surface area contributed by atoms with Crippen molar-refractivity contribution in [2.75, 3.05) is 6.61 Å². The molecular weight excluding hydrogens is 512 g/mol. The fraction of sp³-hybridized carbons (Fsp3) is 0.656. The molecule has 40 heavy (non-hydrogen) atoms. The van der Waals surface area contributed by atoms with Crippen LogP contribution in [-0.2, 0) is 23.9 Å². The largest absolute Gasteiger partial charge is 0.455 e. The van der Waals surface area contributed by atoms with Crippen molar-refractivity contribution in [1.29, 1.82) is 0 Å². The van der Waals surface area contributed by atoms with E-state index in [2.05, 4.69) is 6.92 Å². The van der Waals surface area contributed by atoms with Gasteiger partial charge >= 0.3 is 11.9 Å². The molecule has 8 heteroatoms. The van der Waals surface area contributed by atoms with Gasteiger partial charge in [0.15, 0.2) is 11.4 Å². The minimum absolute atomic E-state index is 0.127. The Morgan fingerprint density at radius 3 is 2.48 bits per heavy atom. The smallest absolute Gasteiger partial charge is 0.331 e. The molecule has 4 aliphatic rings. The number of ether oxygens (including phenoxy) is 2. The van der Waals surface area contributed by atoms with Crippen LogP contribution < -0.4 is 0 Å². The quantitative estimate of drug-likeness (QED) is 0.129. The highest BCUT2D eigenvalue weighted by Crippen LogP contribution is 2.77. The zero-order valence-corrected chi connectivity index (χ0v) is 24.5. The van der Waals surface area contributed by atoms with Gasteiger partial charge in [0.05, 0.1) is 12.2 Å². The number of fused-ring (bicyclic) bond motifs is 5. The number of ketones is 1. The first-order valence-corrected chi connectivity index (χ1v) is 14.4. The Kier molecular flexibility index (Phi) is 8.13. The lowest BCUT2D eigenvalue weighted by Crippen LogP contribution is -2.66. The molecule has 0 amide bonds. The van der Waals surface area contributed by atoms with Gasteiger partial charge in [-0.25, -0.2) is 4.79 Å². The molecule has 0 aliphatic heterocycles. The van der Waals surface area contributed by atoms with Crippen LogP contribution in [0.5, 0.6) is 0 Å². The van der Waals surface area contributed by atoms with Crippen LogP contribution in [0.1, 0.15) is 73.6 Å². The highest BCUT2D eigenvalue weighted by atomic mass is 16.6. The first-order valence-electron chi connectivity index (χ1n) is 14.4. The Morgan fingerprint density at radius 1 is 1.15 bits per heavy atom. The van der Waals surface area contributed by atoms with E-state index in [9.17, 15) is 29.7 Å². The zero-order valence-electron chi connectivity index (χ0n) is 24.5. The average Bonchev–Trinajstić information content (AvgIpc) is 3.31. The van der Waals surface area contributed by atoms with Gasteiger partial charge < -0.3 is 24.8 Å². The summed E-state index contributed by atoms with van der Waals surface area (Å²) in [6.45, 7) is 10.2. The van der Waals surface area contributed by atoms with Crippen molar-refractivity contribution in [3.05, 3.63) is 47.6 Å². The molecule has 3 N–H and O–H groups in total. The number of esters is 2. The number of carbonyl (C=O) groups excluding carboxylic acids is 3. The molecule has 0 spiro atoms. The summed E-state index contributed by atoms with van der Waals surface area (Å²) < 4.78 is 12.0. The topological polar surface area (TPSA) is 130 Å². The van der Waals surface area contributed by atoms with Crippen LogP contribution in [0.25, 0.3) is 0 Å². The number of Topliss-reactive ketones (excluding diaryl/α,β-unsaturated/α-hetero) is 1. The molecule has 0 radical (unpaired) electrons. The summed E-state index contributed by atoms with van der Waals surface area (Å²) in [7, 11) is 0. The third-order valence-electron chi connectivity index (χ3n) is 9.97. The molecule has 0 bridgehead atoms. The number of hydrogen-bond acceptors (Lipinski definition) is 8. The van der Waals surface area contributed by atoms with Gasteiger partial charge in [0, 0.05) is 48.5 Å². The number of rotatable bonds is 9. The number of carbonyl (C=O) groups is 3. The lowest BCUT2D eigenvalue weighted by molar-refractivity contribution is -0.226. The van der Waals surface area contributed by atoms with Gasteiger partial charge in [-0.2, -0.15) is 0 Å². The third kappa shape index (κ3) is 4.43. The fourth-order valence-corrected chi connectivity index (χ4v) is 8.05. The Balaban J connectivity index is 1.76.